The maximum Gasteiger partial charge on any atom is 0.253 e. The number of rotatable bonds is 2. The average molecular weight is 423 g/mol. The molecule has 1 N–H and O–H groups in total. The summed E-state index contributed by atoms with van der Waals surface area (Å²) >= 11 is 6.10. The molecule has 0 aromatic heterocycles. The fraction of sp³-hybridized carbons (Fsp3) is 0.400. The summed E-state index contributed by atoms with van der Waals surface area (Å²) in [5, 5.41) is 11.2. The van der Waals surface area contributed by atoms with E-state index >= 15 is 0 Å². The molecule has 156 valence electrons. The highest BCUT2D eigenvalue weighted by Gasteiger charge is 2.26. The second kappa shape index (κ2) is 9.12. The van der Waals surface area contributed by atoms with E-state index in [1.807, 2.05) is 53.4 Å². The number of halogens is 1. The summed E-state index contributed by atoms with van der Waals surface area (Å²) in [5.41, 5.74) is 1.75. The number of carbonyl (C=O) groups excluding carboxylic acids is 1. The summed E-state index contributed by atoms with van der Waals surface area (Å²) in [4.78, 5) is 17.0. The molecule has 0 bridgehead atoms. The number of carbonyl (C=O) groups is 1. The number of aliphatic hydroxyl groups is 1. The van der Waals surface area contributed by atoms with Gasteiger partial charge in [-0.2, -0.15) is 0 Å². The van der Waals surface area contributed by atoms with Crippen molar-refractivity contribution in [1.82, 2.24) is 4.90 Å². The van der Waals surface area contributed by atoms with E-state index in [0.29, 0.717) is 18.7 Å². The van der Waals surface area contributed by atoms with Gasteiger partial charge in [-0.3, -0.25) is 4.79 Å². The van der Waals surface area contributed by atoms with Gasteiger partial charge in [-0.25, -0.2) is 0 Å². The standard InChI is InChI=1S/C25H27ClN2O2/c26-22-5-4-6-23(19-22)27-15-17-28(18-16-27)24(29)21-9-7-20(8-10-21)11-14-25(30)12-2-1-3-13-25/h4-10,19,30H,1-3,12-13,15-18H2. The van der Waals surface area contributed by atoms with Gasteiger partial charge in [0, 0.05) is 48.0 Å². The Labute approximate surface area is 183 Å². The van der Waals surface area contributed by atoms with Crippen molar-refractivity contribution in [2.45, 2.75) is 37.7 Å². The zero-order valence-electron chi connectivity index (χ0n) is 17.1. The molecule has 0 unspecified atom stereocenters. The fourth-order valence-corrected chi connectivity index (χ4v) is 4.35. The first kappa shape index (κ1) is 20.8. The lowest BCUT2D eigenvalue weighted by molar-refractivity contribution is 0.0610. The molecule has 1 saturated carbocycles. The number of benzene rings is 2. The number of hydrogen-bond acceptors (Lipinski definition) is 3. The van der Waals surface area contributed by atoms with Crippen LogP contribution >= 0.6 is 11.6 Å². The summed E-state index contributed by atoms with van der Waals surface area (Å²) in [6, 6.07) is 15.2. The van der Waals surface area contributed by atoms with Crippen LogP contribution in [0, 0.1) is 11.8 Å². The molecule has 2 aliphatic rings. The predicted octanol–water partition coefficient (Wildman–Crippen LogP) is 4.35. The first-order valence-electron chi connectivity index (χ1n) is 10.7. The van der Waals surface area contributed by atoms with Crippen molar-refractivity contribution in [2.75, 3.05) is 31.1 Å². The molecule has 4 nitrogen and oxygen atoms in total. The van der Waals surface area contributed by atoms with Gasteiger partial charge in [0.25, 0.3) is 5.91 Å². The molecule has 0 spiro atoms. The summed E-state index contributed by atoms with van der Waals surface area (Å²) in [6.07, 6.45) is 4.73. The molecule has 1 saturated heterocycles. The Balaban J connectivity index is 1.35. The van der Waals surface area contributed by atoms with Gasteiger partial charge in [-0.05, 0) is 68.1 Å². The van der Waals surface area contributed by atoms with Crippen LogP contribution in [0.25, 0.3) is 0 Å². The van der Waals surface area contributed by atoms with Crippen molar-refractivity contribution in [3.8, 4) is 11.8 Å². The van der Waals surface area contributed by atoms with Crippen LogP contribution < -0.4 is 4.90 Å². The molecule has 1 heterocycles. The van der Waals surface area contributed by atoms with Crippen LogP contribution in [-0.4, -0.2) is 47.7 Å². The molecule has 1 aliphatic carbocycles. The van der Waals surface area contributed by atoms with Crippen LogP contribution in [0.15, 0.2) is 48.5 Å². The van der Waals surface area contributed by atoms with Gasteiger partial charge in [-0.1, -0.05) is 35.9 Å². The number of nitrogens with zero attached hydrogens (tertiary/aromatic N) is 2. The molecule has 0 radical (unpaired) electrons. The van der Waals surface area contributed by atoms with Gasteiger partial charge < -0.3 is 14.9 Å². The molecule has 2 aromatic rings. The van der Waals surface area contributed by atoms with Gasteiger partial charge in [0.15, 0.2) is 0 Å². The zero-order chi connectivity index (χ0) is 21.0. The maximum atomic E-state index is 12.9. The molecular weight excluding hydrogens is 396 g/mol. The SMILES string of the molecule is O=C(c1ccc(C#CC2(O)CCCCC2)cc1)N1CCN(c2cccc(Cl)c2)CC1. The highest BCUT2D eigenvalue weighted by atomic mass is 35.5. The van der Waals surface area contributed by atoms with Crippen LogP contribution in [-0.2, 0) is 0 Å². The van der Waals surface area contributed by atoms with Crippen molar-refractivity contribution in [1.29, 1.82) is 0 Å². The normalized spacial score (nSPS) is 18.5. The number of amides is 1. The van der Waals surface area contributed by atoms with E-state index in [1.165, 1.54) is 6.42 Å². The molecule has 1 amide bonds. The first-order chi connectivity index (χ1) is 14.5. The van der Waals surface area contributed by atoms with Gasteiger partial charge in [-0.15, -0.1) is 0 Å². The molecular formula is C25H27ClN2O2. The highest BCUT2D eigenvalue weighted by Crippen LogP contribution is 2.27. The summed E-state index contributed by atoms with van der Waals surface area (Å²) in [7, 11) is 0. The Bertz CT molecular complexity index is 947. The first-order valence-corrected chi connectivity index (χ1v) is 11.1. The lowest BCUT2D eigenvalue weighted by Gasteiger charge is -2.36. The Kier molecular flexibility index (Phi) is 6.32. The molecule has 5 heteroatoms. The van der Waals surface area contributed by atoms with Gasteiger partial charge in [0.05, 0.1) is 0 Å². The third-order valence-electron chi connectivity index (χ3n) is 5.99. The number of anilines is 1. The fourth-order valence-electron chi connectivity index (χ4n) is 4.17. The van der Waals surface area contributed by atoms with Crippen molar-refractivity contribution in [3.63, 3.8) is 0 Å². The molecule has 2 fully saturated rings. The molecule has 2 aromatic carbocycles. The predicted molar refractivity (Wildman–Crippen MR) is 121 cm³/mol. The number of piperazine rings is 1. The van der Waals surface area contributed by atoms with Crippen molar-refractivity contribution < 1.29 is 9.90 Å². The van der Waals surface area contributed by atoms with E-state index in [4.69, 9.17) is 11.6 Å². The smallest absolute Gasteiger partial charge is 0.253 e. The second-order valence-corrected chi connectivity index (χ2v) is 8.62. The van der Waals surface area contributed by atoms with E-state index < -0.39 is 5.60 Å². The third kappa shape index (κ3) is 4.98. The average Bonchev–Trinajstić information content (AvgIpc) is 2.78. The van der Waals surface area contributed by atoms with Gasteiger partial charge in [0.2, 0.25) is 0 Å². The van der Waals surface area contributed by atoms with Crippen LogP contribution in [0.4, 0.5) is 5.69 Å². The van der Waals surface area contributed by atoms with Crippen LogP contribution in [0.2, 0.25) is 5.02 Å². The minimum absolute atomic E-state index is 0.0474. The monoisotopic (exact) mass is 422 g/mol. The minimum Gasteiger partial charge on any atom is -0.378 e. The van der Waals surface area contributed by atoms with E-state index in [9.17, 15) is 9.90 Å². The van der Waals surface area contributed by atoms with Crippen LogP contribution in [0.5, 0.6) is 0 Å². The third-order valence-corrected chi connectivity index (χ3v) is 6.23. The molecule has 1 aliphatic heterocycles. The quantitative estimate of drug-likeness (QED) is 0.732. The van der Waals surface area contributed by atoms with E-state index in [-0.39, 0.29) is 5.91 Å². The largest absolute Gasteiger partial charge is 0.378 e. The lowest BCUT2D eigenvalue weighted by atomic mass is 9.85. The molecule has 4 rings (SSSR count). The topological polar surface area (TPSA) is 43.8 Å². The van der Waals surface area contributed by atoms with E-state index in [0.717, 1.165) is 55.0 Å². The van der Waals surface area contributed by atoms with E-state index in [1.54, 1.807) is 0 Å². The Hall–Kier alpha value is -2.48. The molecule has 0 atom stereocenters. The Morgan fingerprint density at radius 1 is 0.967 bits per heavy atom. The summed E-state index contributed by atoms with van der Waals surface area (Å²) in [5.74, 6) is 6.18. The molecule has 30 heavy (non-hydrogen) atoms. The zero-order valence-corrected chi connectivity index (χ0v) is 17.9. The Morgan fingerprint density at radius 3 is 2.33 bits per heavy atom. The van der Waals surface area contributed by atoms with Crippen LogP contribution in [0.3, 0.4) is 0 Å². The minimum atomic E-state index is -0.852. The highest BCUT2D eigenvalue weighted by molar-refractivity contribution is 6.30. The van der Waals surface area contributed by atoms with Gasteiger partial charge >= 0.3 is 0 Å². The van der Waals surface area contributed by atoms with Crippen molar-refractivity contribution in [2.24, 2.45) is 0 Å². The van der Waals surface area contributed by atoms with Crippen molar-refractivity contribution >= 4 is 23.2 Å². The maximum absolute atomic E-state index is 12.9. The summed E-state index contributed by atoms with van der Waals surface area (Å²) < 4.78 is 0. The van der Waals surface area contributed by atoms with Crippen molar-refractivity contribution in [3.05, 3.63) is 64.7 Å². The van der Waals surface area contributed by atoms with Crippen LogP contribution in [0.1, 0.15) is 48.0 Å². The van der Waals surface area contributed by atoms with Gasteiger partial charge in [0.1, 0.15) is 5.60 Å². The second-order valence-electron chi connectivity index (χ2n) is 8.18. The lowest BCUT2D eigenvalue weighted by Crippen LogP contribution is -2.48. The summed E-state index contributed by atoms with van der Waals surface area (Å²) in [6.45, 7) is 2.93. The number of hydrogen-bond donors (Lipinski definition) is 1. The van der Waals surface area contributed by atoms with E-state index in [2.05, 4.69) is 16.7 Å². The Morgan fingerprint density at radius 2 is 1.67 bits per heavy atom.